The molecule has 0 aliphatic carbocycles. The summed E-state index contributed by atoms with van der Waals surface area (Å²) in [6.45, 7) is 4.09. The van der Waals surface area contributed by atoms with Gasteiger partial charge in [-0.3, -0.25) is 0 Å². The van der Waals surface area contributed by atoms with Crippen molar-refractivity contribution in [1.29, 1.82) is 0 Å². The third kappa shape index (κ3) is 2.80. The first-order valence-corrected chi connectivity index (χ1v) is 5.21. The van der Waals surface area contributed by atoms with Crippen molar-refractivity contribution in [3.63, 3.8) is 0 Å². The molecule has 1 aromatic rings. The van der Waals surface area contributed by atoms with Gasteiger partial charge in [-0.15, -0.1) is 11.6 Å². The third-order valence-electron chi connectivity index (χ3n) is 1.75. The molecule has 0 spiro atoms. The molecule has 2 heteroatoms. The maximum absolute atomic E-state index is 5.89. The Labute approximate surface area is 87.1 Å². The van der Waals surface area contributed by atoms with Gasteiger partial charge in [0, 0.05) is 9.85 Å². The summed E-state index contributed by atoms with van der Waals surface area (Å²) in [7, 11) is 0. The fraction of sp³-hybridized carbons (Fsp3) is 0.400. The summed E-state index contributed by atoms with van der Waals surface area (Å²) in [6, 6.07) is 6.37. The number of aryl methyl sites for hydroxylation is 1. The predicted octanol–water partition coefficient (Wildman–Crippen LogP) is 3.93. The number of hydrogen-bond donors (Lipinski definition) is 0. The molecule has 0 aromatic heterocycles. The van der Waals surface area contributed by atoms with Gasteiger partial charge < -0.3 is 0 Å². The van der Waals surface area contributed by atoms with E-state index < -0.39 is 0 Å². The average molecular weight is 248 g/mol. The van der Waals surface area contributed by atoms with Gasteiger partial charge in [-0.2, -0.15) is 0 Å². The van der Waals surface area contributed by atoms with Crippen LogP contribution >= 0.6 is 27.5 Å². The molecule has 0 amide bonds. The van der Waals surface area contributed by atoms with Crippen LogP contribution in [0.25, 0.3) is 0 Å². The monoisotopic (exact) mass is 246 g/mol. The van der Waals surface area contributed by atoms with E-state index in [-0.39, 0.29) is 5.38 Å². The fourth-order valence-electron chi connectivity index (χ4n) is 1.09. The average Bonchev–Trinajstić information content (AvgIpc) is 1.96. The Bertz CT molecular complexity index is 269. The topological polar surface area (TPSA) is 0 Å². The summed E-state index contributed by atoms with van der Waals surface area (Å²) in [6.07, 6.45) is 0.931. The van der Waals surface area contributed by atoms with Gasteiger partial charge in [-0.1, -0.05) is 28.1 Å². The van der Waals surface area contributed by atoms with Crippen molar-refractivity contribution >= 4 is 27.5 Å². The maximum Gasteiger partial charge on any atom is 0.0348 e. The minimum absolute atomic E-state index is 0.208. The van der Waals surface area contributed by atoms with Gasteiger partial charge in [0.2, 0.25) is 0 Å². The molecular formula is C10H12BrCl. The highest BCUT2D eigenvalue weighted by Gasteiger charge is 2.00. The summed E-state index contributed by atoms with van der Waals surface area (Å²) >= 11 is 9.38. The minimum Gasteiger partial charge on any atom is -0.123 e. The highest BCUT2D eigenvalue weighted by atomic mass is 79.9. The van der Waals surface area contributed by atoms with Crippen LogP contribution in [0.2, 0.25) is 0 Å². The van der Waals surface area contributed by atoms with E-state index in [4.69, 9.17) is 11.6 Å². The molecule has 0 N–H and O–H groups in total. The van der Waals surface area contributed by atoms with Crippen LogP contribution in [0.15, 0.2) is 22.7 Å². The van der Waals surface area contributed by atoms with Gasteiger partial charge in [0.05, 0.1) is 0 Å². The van der Waals surface area contributed by atoms with Gasteiger partial charge in [0.25, 0.3) is 0 Å². The largest absolute Gasteiger partial charge is 0.123 e. The van der Waals surface area contributed by atoms with Crippen LogP contribution in [-0.4, -0.2) is 5.38 Å². The fourth-order valence-corrected chi connectivity index (χ4v) is 1.69. The molecule has 1 unspecified atom stereocenters. The van der Waals surface area contributed by atoms with Crippen LogP contribution in [0.5, 0.6) is 0 Å². The lowest BCUT2D eigenvalue weighted by Gasteiger charge is -2.05. The van der Waals surface area contributed by atoms with E-state index in [1.54, 1.807) is 0 Å². The van der Waals surface area contributed by atoms with Gasteiger partial charge in [0.15, 0.2) is 0 Å². The van der Waals surface area contributed by atoms with Crippen LogP contribution in [0.3, 0.4) is 0 Å². The first-order valence-electron chi connectivity index (χ1n) is 3.98. The molecule has 0 saturated heterocycles. The summed E-state index contributed by atoms with van der Waals surface area (Å²) in [5.74, 6) is 0. The van der Waals surface area contributed by atoms with Crippen molar-refractivity contribution < 1.29 is 0 Å². The molecule has 1 aromatic carbocycles. The molecule has 12 heavy (non-hydrogen) atoms. The zero-order valence-corrected chi connectivity index (χ0v) is 9.61. The molecule has 66 valence electrons. The maximum atomic E-state index is 5.89. The van der Waals surface area contributed by atoms with E-state index in [0.29, 0.717) is 0 Å². The lowest BCUT2D eigenvalue weighted by Crippen LogP contribution is -1.96. The lowest BCUT2D eigenvalue weighted by atomic mass is 10.1. The zero-order chi connectivity index (χ0) is 9.14. The van der Waals surface area contributed by atoms with Gasteiger partial charge in [0.1, 0.15) is 0 Å². The molecule has 0 heterocycles. The quantitative estimate of drug-likeness (QED) is 0.695. The molecule has 0 aliphatic rings. The first-order chi connectivity index (χ1) is 5.59. The molecule has 0 fully saturated rings. The Balaban J connectivity index is 2.82. The van der Waals surface area contributed by atoms with E-state index in [9.17, 15) is 0 Å². The molecule has 1 rings (SSSR count). The predicted molar refractivity (Wildman–Crippen MR) is 57.9 cm³/mol. The molecule has 0 saturated carbocycles. The Morgan fingerprint density at radius 1 is 1.50 bits per heavy atom. The Kier molecular flexibility index (Phi) is 3.60. The smallest absolute Gasteiger partial charge is 0.0348 e. The number of benzene rings is 1. The van der Waals surface area contributed by atoms with Gasteiger partial charge >= 0.3 is 0 Å². The molecule has 1 atom stereocenters. The first kappa shape index (κ1) is 10.1. The van der Waals surface area contributed by atoms with E-state index in [1.807, 2.05) is 6.92 Å². The van der Waals surface area contributed by atoms with Crippen LogP contribution in [0.4, 0.5) is 0 Å². The van der Waals surface area contributed by atoms with Crippen LogP contribution in [0, 0.1) is 6.92 Å². The lowest BCUT2D eigenvalue weighted by molar-refractivity contribution is 0.929. The highest BCUT2D eigenvalue weighted by molar-refractivity contribution is 9.10. The second kappa shape index (κ2) is 4.29. The highest BCUT2D eigenvalue weighted by Crippen LogP contribution is 2.19. The second-order valence-corrected chi connectivity index (χ2v) is 4.67. The van der Waals surface area contributed by atoms with Crippen molar-refractivity contribution in [1.82, 2.24) is 0 Å². The van der Waals surface area contributed by atoms with Crippen molar-refractivity contribution in [2.75, 3.05) is 0 Å². The van der Waals surface area contributed by atoms with E-state index in [2.05, 4.69) is 41.1 Å². The number of halogens is 2. The van der Waals surface area contributed by atoms with Crippen LogP contribution < -0.4 is 0 Å². The summed E-state index contributed by atoms with van der Waals surface area (Å²) in [5, 5.41) is 0.208. The molecular weight excluding hydrogens is 235 g/mol. The standard InChI is InChI=1S/C10H12BrCl/c1-7-3-4-9(5-8(2)12)6-10(7)11/h3-4,6,8H,5H2,1-2H3. The zero-order valence-electron chi connectivity index (χ0n) is 7.27. The van der Waals surface area contributed by atoms with Gasteiger partial charge in [-0.25, -0.2) is 0 Å². The van der Waals surface area contributed by atoms with Crippen molar-refractivity contribution in [2.24, 2.45) is 0 Å². The number of alkyl halides is 1. The van der Waals surface area contributed by atoms with E-state index in [0.717, 1.165) is 10.9 Å². The minimum atomic E-state index is 0.208. The normalized spacial score (nSPS) is 13.0. The number of rotatable bonds is 2. The van der Waals surface area contributed by atoms with Crippen LogP contribution in [0.1, 0.15) is 18.1 Å². The van der Waals surface area contributed by atoms with Crippen molar-refractivity contribution in [3.8, 4) is 0 Å². The van der Waals surface area contributed by atoms with Crippen molar-refractivity contribution in [2.45, 2.75) is 25.6 Å². The summed E-state index contributed by atoms with van der Waals surface area (Å²) in [4.78, 5) is 0. The van der Waals surface area contributed by atoms with E-state index in [1.165, 1.54) is 11.1 Å². The summed E-state index contributed by atoms with van der Waals surface area (Å²) in [5.41, 5.74) is 2.55. The Hall–Kier alpha value is -0.0100. The molecule has 0 aliphatic heterocycles. The van der Waals surface area contributed by atoms with Crippen molar-refractivity contribution in [3.05, 3.63) is 33.8 Å². The second-order valence-electron chi connectivity index (χ2n) is 3.07. The molecule has 0 bridgehead atoms. The van der Waals surface area contributed by atoms with Crippen LogP contribution in [-0.2, 0) is 6.42 Å². The third-order valence-corrected chi connectivity index (χ3v) is 2.76. The SMILES string of the molecule is Cc1ccc(CC(C)Cl)cc1Br. The molecule has 0 radical (unpaired) electrons. The summed E-state index contributed by atoms with van der Waals surface area (Å²) < 4.78 is 1.16. The Morgan fingerprint density at radius 2 is 2.17 bits per heavy atom. The molecule has 0 nitrogen and oxygen atoms in total. The van der Waals surface area contributed by atoms with Gasteiger partial charge in [-0.05, 0) is 37.5 Å². The van der Waals surface area contributed by atoms with E-state index >= 15 is 0 Å². The number of hydrogen-bond acceptors (Lipinski definition) is 0. The Morgan fingerprint density at radius 3 is 2.67 bits per heavy atom.